The van der Waals surface area contributed by atoms with Crippen LogP contribution in [-0.4, -0.2) is 52.7 Å². The van der Waals surface area contributed by atoms with Crippen LogP contribution in [0.3, 0.4) is 0 Å². The van der Waals surface area contributed by atoms with E-state index in [1.54, 1.807) is 20.0 Å². The zero-order valence-electron chi connectivity index (χ0n) is 20.3. The van der Waals surface area contributed by atoms with E-state index >= 15 is 0 Å². The predicted octanol–water partition coefficient (Wildman–Crippen LogP) is 2.41. The second kappa shape index (κ2) is 11.9. The number of Topliss-reactive ketones (excluding diaryl/α,β-unsaturated/α-hetero) is 2. The topological polar surface area (TPSA) is 127 Å². The Labute approximate surface area is 195 Å². The SMILES string of the molecule is CC(C)C(NC(=O)OCC(C)(C)C)C(=O)CC1Cc2nccc(n2)CCCCNC(=O)C1=O. The Kier molecular flexibility index (Phi) is 9.49. The Morgan fingerprint density at radius 3 is 2.64 bits per heavy atom. The normalized spacial score (nSPS) is 18.5. The number of rotatable bonds is 6. The van der Waals surface area contributed by atoms with Gasteiger partial charge in [0.1, 0.15) is 5.82 Å². The number of aryl methyl sites for hydroxylation is 1. The molecule has 2 rings (SSSR count). The minimum Gasteiger partial charge on any atom is -0.449 e. The summed E-state index contributed by atoms with van der Waals surface area (Å²) in [6, 6.07) is 0.986. The predicted molar refractivity (Wildman–Crippen MR) is 122 cm³/mol. The van der Waals surface area contributed by atoms with Gasteiger partial charge in [-0.05, 0) is 36.7 Å². The van der Waals surface area contributed by atoms with E-state index in [4.69, 9.17) is 4.74 Å². The van der Waals surface area contributed by atoms with Gasteiger partial charge in [-0.3, -0.25) is 14.4 Å². The molecule has 2 amide bonds. The zero-order valence-corrected chi connectivity index (χ0v) is 20.3. The Hall–Kier alpha value is -2.84. The van der Waals surface area contributed by atoms with Crippen LogP contribution in [0.5, 0.6) is 0 Å². The van der Waals surface area contributed by atoms with Crippen molar-refractivity contribution in [2.75, 3.05) is 13.2 Å². The number of ketones is 2. The summed E-state index contributed by atoms with van der Waals surface area (Å²) in [7, 11) is 0. The van der Waals surface area contributed by atoms with Crippen LogP contribution in [-0.2, 0) is 32.0 Å². The molecule has 1 aromatic heterocycles. The first-order valence-corrected chi connectivity index (χ1v) is 11.5. The smallest absolute Gasteiger partial charge is 0.407 e. The van der Waals surface area contributed by atoms with Gasteiger partial charge in [-0.25, -0.2) is 14.8 Å². The molecule has 1 aliphatic rings. The molecule has 2 bridgehead atoms. The van der Waals surface area contributed by atoms with Crippen LogP contribution in [0.1, 0.15) is 65.4 Å². The molecular formula is C24H36N4O5. The summed E-state index contributed by atoms with van der Waals surface area (Å²) in [5, 5.41) is 5.27. The highest BCUT2D eigenvalue weighted by Gasteiger charge is 2.33. The Bertz CT molecular complexity index is 863. The van der Waals surface area contributed by atoms with Gasteiger partial charge >= 0.3 is 6.09 Å². The standard InChI is InChI=1S/C24H36N4O5/c1-15(2)20(28-23(32)33-14-24(3,4)5)18(29)12-16-13-19-25-11-9-17(27-19)8-6-7-10-26-22(31)21(16)30/h9,11,15-16,20H,6-8,10,12-14H2,1-5H3,(H,26,31)(H,28,32). The third-order valence-corrected chi connectivity index (χ3v) is 5.30. The maximum absolute atomic E-state index is 13.1. The summed E-state index contributed by atoms with van der Waals surface area (Å²) < 4.78 is 5.23. The molecule has 2 heterocycles. The van der Waals surface area contributed by atoms with Crippen LogP contribution < -0.4 is 10.6 Å². The minimum atomic E-state index is -0.916. The number of fused-ring (bicyclic) bond motifs is 2. The van der Waals surface area contributed by atoms with Crippen LogP contribution in [0.2, 0.25) is 0 Å². The van der Waals surface area contributed by atoms with Crippen molar-refractivity contribution in [3.8, 4) is 0 Å². The molecule has 0 radical (unpaired) electrons. The fraction of sp³-hybridized carbons (Fsp3) is 0.667. The molecule has 33 heavy (non-hydrogen) atoms. The highest BCUT2D eigenvalue weighted by Crippen LogP contribution is 2.18. The summed E-state index contributed by atoms with van der Waals surface area (Å²) >= 11 is 0. The fourth-order valence-corrected chi connectivity index (χ4v) is 3.50. The number of hydrogen-bond acceptors (Lipinski definition) is 7. The highest BCUT2D eigenvalue weighted by molar-refractivity contribution is 6.37. The van der Waals surface area contributed by atoms with Crippen LogP contribution in [0.15, 0.2) is 12.3 Å². The van der Waals surface area contributed by atoms with Crippen molar-refractivity contribution < 1.29 is 23.9 Å². The van der Waals surface area contributed by atoms with E-state index in [0.717, 1.165) is 25.0 Å². The van der Waals surface area contributed by atoms with E-state index < -0.39 is 29.7 Å². The highest BCUT2D eigenvalue weighted by atomic mass is 16.5. The van der Waals surface area contributed by atoms with E-state index in [1.165, 1.54) is 0 Å². The van der Waals surface area contributed by atoms with Crippen molar-refractivity contribution in [1.82, 2.24) is 20.6 Å². The molecule has 0 fully saturated rings. The van der Waals surface area contributed by atoms with Crippen LogP contribution >= 0.6 is 0 Å². The maximum atomic E-state index is 13.1. The van der Waals surface area contributed by atoms with E-state index in [2.05, 4.69) is 20.6 Å². The summed E-state index contributed by atoms with van der Waals surface area (Å²) in [5.41, 5.74) is 0.657. The first kappa shape index (κ1) is 26.4. The minimum absolute atomic E-state index is 0.0745. The van der Waals surface area contributed by atoms with Gasteiger partial charge in [0, 0.05) is 37.2 Å². The molecule has 2 N–H and O–H groups in total. The molecule has 0 aromatic carbocycles. The van der Waals surface area contributed by atoms with Gasteiger partial charge in [0.2, 0.25) is 5.78 Å². The molecule has 9 heteroatoms. The summed E-state index contributed by atoms with van der Waals surface area (Å²) in [4.78, 5) is 59.4. The lowest BCUT2D eigenvalue weighted by atomic mass is 9.88. The fourth-order valence-electron chi connectivity index (χ4n) is 3.50. The van der Waals surface area contributed by atoms with E-state index in [9.17, 15) is 19.2 Å². The molecule has 1 aliphatic heterocycles. The maximum Gasteiger partial charge on any atom is 0.407 e. The van der Waals surface area contributed by atoms with Crippen LogP contribution in [0.25, 0.3) is 0 Å². The van der Waals surface area contributed by atoms with Crippen LogP contribution in [0, 0.1) is 17.3 Å². The average molecular weight is 461 g/mol. The zero-order chi connectivity index (χ0) is 24.6. The molecule has 9 nitrogen and oxygen atoms in total. The number of carbonyl (C=O) groups excluding carboxylic acids is 4. The molecule has 0 saturated heterocycles. The van der Waals surface area contributed by atoms with Gasteiger partial charge < -0.3 is 15.4 Å². The van der Waals surface area contributed by atoms with E-state index in [-0.39, 0.29) is 36.6 Å². The number of nitrogens with one attached hydrogen (secondary N) is 2. The molecule has 2 unspecified atom stereocenters. The van der Waals surface area contributed by atoms with Crippen molar-refractivity contribution in [3.63, 3.8) is 0 Å². The van der Waals surface area contributed by atoms with E-state index in [1.807, 2.05) is 26.8 Å². The molecule has 0 saturated carbocycles. The van der Waals surface area contributed by atoms with Crippen LogP contribution in [0.4, 0.5) is 4.79 Å². The molecule has 0 aliphatic carbocycles. The van der Waals surface area contributed by atoms with Gasteiger partial charge in [-0.15, -0.1) is 0 Å². The molecule has 182 valence electrons. The Morgan fingerprint density at radius 1 is 1.24 bits per heavy atom. The van der Waals surface area contributed by atoms with Gasteiger partial charge in [-0.2, -0.15) is 0 Å². The van der Waals surface area contributed by atoms with Gasteiger partial charge in [-0.1, -0.05) is 34.6 Å². The number of nitrogens with zero attached hydrogens (tertiary/aromatic N) is 2. The van der Waals surface area contributed by atoms with Crippen molar-refractivity contribution in [2.45, 2.75) is 72.8 Å². The van der Waals surface area contributed by atoms with E-state index in [0.29, 0.717) is 12.4 Å². The van der Waals surface area contributed by atoms with Crippen molar-refractivity contribution >= 4 is 23.6 Å². The number of ether oxygens (including phenoxy) is 1. The van der Waals surface area contributed by atoms with Crippen molar-refractivity contribution in [2.24, 2.45) is 17.3 Å². The quantitative estimate of drug-likeness (QED) is 0.624. The first-order chi connectivity index (χ1) is 15.5. The number of alkyl carbamates (subject to hydrolysis) is 1. The lowest BCUT2D eigenvalue weighted by Gasteiger charge is -2.24. The lowest BCUT2D eigenvalue weighted by molar-refractivity contribution is -0.141. The summed E-state index contributed by atoms with van der Waals surface area (Å²) in [6.45, 7) is 9.99. The largest absolute Gasteiger partial charge is 0.449 e. The Balaban J connectivity index is 2.17. The third-order valence-electron chi connectivity index (χ3n) is 5.30. The number of amides is 2. The third kappa shape index (κ3) is 8.90. The summed E-state index contributed by atoms with van der Waals surface area (Å²) in [5.74, 6) is -2.44. The monoisotopic (exact) mass is 460 g/mol. The summed E-state index contributed by atoms with van der Waals surface area (Å²) in [6.07, 6.45) is 3.12. The molecule has 0 spiro atoms. The van der Waals surface area contributed by atoms with Gasteiger partial charge in [0.25, 0.3) is 5.91 Å². The van der Waals surface area contributed by atoms with Crippen molar-refractivity contribution in [1.29, 1.82) is 0 Å². The first-order valence-electron chi connectivity index (χ1n) is 11.5. The Morgan fingerprint density at radius 2 is 1.97 bits per heavy atom. The van der Waals surface area contributed by atoms with Gasteiger partial charge in [0.15, 0.2) is 5.78 Å². The second-order valence-corrected chi connectivity index (χ2v) is 10.1. The second-order valence-electron chi connectivity index (χ2n) is 10.1. The number of aromatic nitrogens is 2. The molecular weight excluding hydrogens is 424 g/mol. The number of hydrogen-bond donors (Lipinski definition) is 2. The molecule has 2 atom stereocenters. The van der Waals surface area contributed by atoms with Crippen molar-refractivity contribution in [3.05, 3.63) is 23.8 Å². The van der Waals surface area contributed by atoms with Gasteiger partial charge in [0.05, 0.1) is 12.6 Å². The molecule has 1 aromatic rings. The lowest BCUT2D eigenvalue weighted by Crippen LogP contribution is -2.47. The average Bonchev–Trinajstić information content (AvgIpc) is 2.73. The number of carbonyl (C=O) groups is 4.